The first-order chi connectivity index (χ1) is 4.45. The van der Waals surface area contributed by atoms with E-state index in [-0.39, 0.29) is 24.5 Å². The largest absolute Gasteiger partial charge is 0.396 e. The van der Waals surface area contributed by atoms with Crippen molar-refractivity contribution in [3.63, 3.8) is 0 Å². The molecule has 0 saturated carbocycles. The molecule has 0 bridgehead atoms. The predicted molar refractivity (Wildman–Crippen MR) is 39.6 cm³/mol. The van der Waals surface area contributed by atoms with Gasteiger partial charge < -0.3 is 10.4 Å². The average molecular weight is 145 g/mol. The van der Waals surface area contributed by atoms with Crippen molar-refractivity contribution in [2.75, 3.05) is 6.61 Å². The molecule has 0 aromatic heterocycles. The first-order valence-corrected chi connectivity index (χ1v) is 3.37. The Bertz CT molecular complexity index is 115. The third-order valence-electron chi connectivity index (χ3n) is 0.853. The van der Waals surface area contributed by atoms with E-state index in [0.717, 1.165) is 0 Å². The standard InChI is InChI=1S/C7H15NO2/c1-7(2,3)8-6(10)4-5-9/h9H,4-5H2,1-3H3,(H,8,10). The topological polar surface area (TPSA) is 49.3 Å². The van der Waals surface area contributed by atoms with Gasteiger partial charge >= 0.3 is 0 Å². The molecule has 0 aliphatic rings. The molecule has 1 amide bonds. The highest BCUT2D eigenvalue weighted by molar-refractivity contribution is 5.76. The van der Waals surface area contributed by atoms with Crippen molar-refractivity contribution in [2.24, 2.45) is 0 Å². The maximum atomic E-state index is 10.8. The number of amides is 1. The highest BCUT2D eigenvalue weighted by atomic mass is 16.3. The molecule has 0 aromatic carbocycles. The zero-order chi connectivity index (χ0) is 8.20. The minimum Gasteiger partial charge on any atom is -0.396 e. The summed E-state index contributed by atoms with van der Waals surface area (Å²) < 4.78 is 0. The molecule has 2 N–H and O–H groups in total. The van der Waals surface area contributed by atoms with Gasteiger partial charge in [0.1, 0.15) is 0 Å². The second-order valence-corrected chi connectivity index (χ2v) is 3.27. The van der Waals surface area contributed by atoms with Crippen LogP contribution >= 0.6 is 0 Å². The number of carbonyl (C=O) groups is 1. The van der Waals surface area contributed by atoms with Crippen molar-refractivity contribution in [1.29, 1.82) is 0 Å². The lowest BCUT2D eigenvalue weighted by Crippen LogP contribution is -2.40. The van der Waals surface area contributed by atoms with Crippen LogP contribution in [0.3, 0.4) is 0 Å². The molecule has 0 aromatic rings. The Hall–Kier alpha value is -0.570. The van der Waals surface area contributed by atoms with E-state index < -0.39 is 0 Å². The van der Waals surface area contributed by atoms with Crippen LogP contribution in [-0.4, -0.2) is 23.2 Å². The van der Waals surface area contributed by atoms with Crippen LogP contribution in [-0.2, 0) is 4.79 Å². The maximum Gasteiger partial charge on any atom is 0.222 e. The van der Waals surface area contributed by atoms with Gasteiger partial charge in [0.25, 0.3) is 0 Å². The van der Waals surface area contributed by atoms with Crippen LogP contribution in [0.2, 0.25) is 0 Å². The predicted octanol–water partition coefficient (Wildman–Crippen LogP) is 0.283. The van der Waals surface area contributed by atoms with Crippen LogP contribution in [0, 0.1) is 0 Å². The number of rotatable bonds is 2. The van der Waals surface area contributed by atoms with E-state index in [2.05, 4.69) is 5.32 Å². The molecule has 3 heteroatoms. The van der Waals surface area contributed by atoms with Crippen molar-refractivity contribution in [3.8, 4) is 0 Å². The van der Waals surface area contributed by atoms with Gasteiger partial charge in [0.2, 0.25) is 5.91 Å². The molecule has 0 fully saturated rings. The summed E-state index contributed by atoms with van der Waals surface area (Å²) in [6.45, 7) is 5.63. The monoisotopic (exact) mass is 145 g/mol. The SMILES string of the molecule is CC(C)(C)NC(=O)CCO. The van der Waals surface area contributed by atoms with Crippen LogP contribution in [0.5, 0.6) is 0 Å². The molecule has 0 heterocycles. The summed E-state index contributed by atoms with van der Waals surface area (Å²) in [4.78, 5) is 10.8. The lowest BCUT2D eigenvalue weighted by Gasteiger charge is -2.19. The van der Waals surface area contributed by atoms with Crippen molar-refractivity contribution in [1.82, 2.24) is 5.32 Å². The second kappa shape index (κ2) is 3.56. The van der Waals surface area contributed by atoms with Crippen molar-refractivity contribution in [2.45, 2.75) is 32.7 Å². The van der Waals surface area contributed by atoms with Crippen molar-refractivity contribution < 1.29 is 9.90 Å². The summed E-state index contributed by atoms with van der Waals surface area (Å²) in [5, 5.41) is 11.1. The molecule has 0 saturated heterocycles. The number of carbonyl (C=O) groups excluding carboxylic acids is 1. The minimum absolute atomic E-state index is 0.0814. The van der Waals surface area contributed by atoms with Gasteiger partial charge in [-0.3, -0.25) is 4.79 Å². The van der Waals surface area contributed by atoms with Gasteiger partial charge in [-0.15, -0.1) is 0 Å². The molecule has 60 valence electrons. The smallest absolute Gasteiger partial charge is 0.222 e. The van der Waals surface area contributed by atoms with E-state index in [0.29, 0.717) is 0 Å². The fourth-order valence-corrected chi connectivity index (χ4v) is 0.582. The lowest BCUT2D eigenvalue weighted by molar-refractivity contribution is -0.123. The van der Waals surface area contributed by atoms with Gasteiger partial charge in [0.05, 0.1) is 6.61 Å². The number of nitrogens with one attached hydrogen (secondary N) is 1. The summed E-state index contributed by atoms with van der Waals surface area (Å²) >= 11 is 0. The summed E-state index contributed by atoms with van der Waals surface area (Å²) in [6.07, 6.45) is 0.192. The second-order valence-electron chi connectivity index (χ2n) is 3.27. The highest BCUT2D eigenvalue weighted by Gasteiger charge is 2.12. The number of aliphatic hydroxyl groups is 1. The third kappa shape index (κ3) is 5.56. The molecule has 0 rings (SSSR count). The Balaban J connectivity index is 3.58. The molecule has 0 unspecified atom stereocenters. The van der Waals surface area contributed by atoms with Crippen LogP contribution in [0.1, 0.15) is 27.2 Å². The third-order valence-corrected chi connectivity index (χ3v) is 0.853. The Morgan fingerprint density at radius 2 is 2.00 bits per heavy atom. The van der Waals surface area contributed by atoms with Crippen LogP contribution in [0.15, 0.2) is 0 Å². The van der Waals surface area contributed by atoms with Gasteiger partial charge in [0.15, 0.2) is 0 Å². The molecule has 0 atom stereocenters. The van der Waals surface area contributed by atoms with Crippen LogP contribution in [0.25, 0.3) is 0 Å². The van der Waals surface area contributed by atoms with Crippen LogP contribution < -0.4 is 5.32 Å². The molecule has 0 aliphatic heterocycles. The van der Waals surface area contributed by atoms with Crippen molar-refractivity contribution >= 4 is 5.91 Å². The molecular weight excluding hydrogens is 130 g/mol. The Morgan fingerprint density at radius 3 is 2.30 bits per heavy atom. The van der Waals surface area contributed by atoms with Gasteiger partial charge in [-0.25, -0.2) is 0 Å². The molecule has 0 aliphatic carbocycles. The van der Waals surface area contributed by atoms with Gasteiger partial charge in [-0.1, -0.05) is 0 Å². The Kier molecular flexibility index (Phi) is 3.36. The van der Waals surface area contributed by atoms with E-state index in [1.807, 2.05) is 20.8 Å². The van der Waals surface area contributed by atoms with E-state index in [9.17, 15) is 4.79 Å². The van der Waals surface area contributed by atoms with Gasteiger partial charge in [-0.05, 0) is 20.8 Å². The average Bonchev–Trinajstić information content (AvgIpc) is 1.59. The molecule has 10 heavy (non-hydrogen) atoms. The number of hydrogen-bond acceptors (Lipinski definition) is 2. The Morgan fingerprint density at radius 1 is 1.50 bits per heavy atom. The zero-order valence-corrected chi connectivity index (χ0v) is 6.77. The molecule has 0 spiro atoms. The lowest BCUT2D eigenvalue weighted by atomic mass is 10.1. The summed E-state index contributed by atoms with van der Waals surface area (Å²) in [5.41, 5.74) is -0.188. The zero-order valence-electron chi connectivity index (χ0n) is 6.77. The van der Waals surface area contributed by atoms with E-state index >= 15 is 0 Å². The van der Waals surface area contributed by atoms with E-state index in [1.54, 1.807) is 0 Å². The molecular formula is C7H15NO2. The quantitative estimate of drug-likeness (QED) is 0.586. The molecule has 3 nitrogen and oxygen atoms in total. The summed E-state index contributed by atoms with van der Waals surface area (Å²) in [6, 6.07) is 0. The normalized spacial score (nSPS) is 11.2. The van der Waals surface area contributed by atoms with E-state index in [4.69, 9.17) is 5.11 Å². The van der Waals surface area contributed by atoms with Crippen molar-refractivity contribution in [3.05, 3.63) is 0 Å². The van der Waals surface area contributed by atoms with Crippen LogP contribution in [0.4, 0.5) is 0 Å². The fraction of sp³-hybridized carbons (Fsp3) is 0.857. The maximum absolute atomic E-state index is 10.8. The fourth-order valence-electron chi connectivity index (χ4n) is 0.582. The van der Waals surface area contributed by atoms with E-state index in [1.165, 1.54) is 0 Å². The summed E-state index contributed by atoms with van der Waals surface area (Å²) in [5.74, 6) is -0.102. The number of aliphatic hydroxyl groups excluding tert-OH is 1. The van der Waals surface area contributed by atoms with Gasteiger partial charge in [0, 0.05) is 12.0 Å². The first kappa shape index (κ1) is 9.43. The minimum atomic E-state index is -0.188. The highest BCUT2D eigenvalue weighted by Crippen LogP contribution is 1.98. The summed E-state index contributed by atoms with van der Waals surface area (Å²) in [7, 11) is 0. The van der Waals surface area contributed by atoms with Gasteiger partial charge in [-0.2, -0.15) is 0 Å². The Labute approximate surface area is 61.4 Å². The number of hydrogen-bond donors (Lipinski definition) is 2. The molecule has 0 radical (unpaired) electrons. The first-order valence-electron chi connectivity index (χ1n) is 3.37.